The number of rotatable bonds is 11. The van der Waals surface area contributed by atoms with E-state index < -0.39 is 0 Å². The molecule has 0 N–H and O–H groups in total. The van der Waals surface area contributed by atoms with Crippen LogP contribution in [0.1, 0.15) is 39.4 Å². The van der Waals surface area contributed by atoms with Crippen LogP contribution in [0.2, 0.25) is 0 Å². The second-order valence-electron chi connectivity index (χ2n) is 6.35. The van der Waals surface area contributed by atoms with Gasteiger partial charge in [-0.15, -0.1) is 0 Å². The van der Waals surface area contributed by atoms with Gasteiger partial charge in [-0.05, 0) is 41.3 Å². The molecule has 0 aromatic carbocycles. The molecule has 0 saturated carbocycles. The van der Waals surface area contributed by atoms with Crippen molar-refractivity contribution in [3.63, 3.8) is 0 Å². The first kappa shape index (κ1) is 21.2. The zero-order valence-electron chi connectivity index (χ0n) is 16.2. The molecule has 0 aliphatic carbocycles. The molecule has 1 aromatic rings. The minimum absolute atomic E-state index is 0.124. The van der Waals surface area contributed by atoms with Crippen molar-refractivity contribution < 1.29 is 14.3 Å². The molecule has 0 bridgehead atoms. The molecule has 1 aromatic heterocycles. The SMILES string of the molecule is CCOC(=O)Cn1ccnc1CCC(=O)N(CC)CCC(C)N(C)C. The molecule has 142 valence electrons. The van der Waals surface area contributed by atoms with Gasteiger partial charge in [0.25, 0.3) is 0 Å². The monoisotopic (exact) mass is 352 g/mol. The van der Waals surface area contributed by atoms with E-state index in [0.717, 1.165) is 18.8 Å². The van der Waals surface area contributed by atoms with Gasteiger partial charge in [0.1, 0.15) is 12.4 Å². The number of aromatic nitrogens is 2. The number of aryl methyl sites for hydroxylation is 1. The van der Waals surface area contributed by atoms with Gasteiger partial charge in [0.15, 0.2) is 0 Å². The van der Waals surface area contributed by atoms with Crippen molar-refractivity contribution in [1.29, 1.82) is 0 Å². The van der Waals surface area contributed by atoms with Crippen molar-refractivity contribution in [3.8, 4) is 0 Å². The summed E-state index contributed by atoms with van der Waals surface area (Å²) < 4.78 is 6.70. The van der Waals surface area contributed by atoms with Gasteiger partial charge in [0, 0.05) is 44.4 Å². The van der Waals surface area contributed by atoms with Gasteiger partial charge in [0.2, 0.25) is 5.91 Å². The summed E-state index contributed by atoms with van der Waals surface area (Å²) in [6, 6.07) is 0.435. The standard InChI is InChI=1S/C18H32N4O3/c1-6-21(12-10-15(3)20(4)5)17(23)9-8-16-19-11-13-22(16)14-18(24)25-7-2/h11,13,15H,6-10,12,14H2,1-5H3. The van der Waals surface area contributed by atoms with Crippen LogP contribution in [0, 0.1) is 0 Å². The zero-order chi connectivity index (χ0) is 18.8. The molecule has 7 nitrogen and oxygen atoms in total. The topological polar surface area (TPSA) is 67.7 Å². The van der Waals surface area contributed by atoms with Crippen LogP contribution in [0.3, 0.4) is 0 Å². The molecule has 1 unspecified atom stereocenters. The third kappa shape index (κ3) is 7.25. The second kappa shape index (κ2) is 10.9. The lowest BCUT2D eigenvalue weighted by atomic mass is 10.2. The quantitative estimate of drug-likeness (QED) is 0.566. The number of nitrogens with zero attached hydrogens (tertiary/aromatic N) is 4. The largest absolute Gasteiger partial charge is 0.465 e. The fourth-order valence-corrected chi connectivity index (χ4v) is 2.49. The summed E-state index contributed by atoms with van der Waals surface area (Å²) in [5.41, 5.74) is 0. The Morgan fingerprint density at radius 2 is 2.04 bits per heavy atom. The van der Waals surface area contributed by atoms with E-state index in [-0.39, 0.29) is 18.4 Å². The molecule has 0 fully saturated rings. The molecule has 0 saturated heterocycles. The first-order valence-electron chi connectivity index (χ1n) is 8.98. The fraction of sp³-hybridized carbons (Fsp3) is 0.722. The van der Waals surface area contributed by atoms with Crippen molar-refractivity contribution in [3.05, 3.63) is 18.2 Å². The first-order valence-corrected chi connectivity index (χ1v) is 8.98. The third-order valence-electron chi connectivity index (χ3n) is 4.40. The Morgan fingerprint density at radius 3 is 2.64 bits per heavy atom. The molecular weight excluding hydrogens is 320 g/mol. The van der Waals surface area contributed by atoms with Gasteiger partial charge in [-0.2, -0.15) is 0 Å². The van der Waals surface area contributed by atoms with E-state index in [2.05, 4.69) is 16.8 Å². The zero-order valence-corrected chi connectivity index (χ0v) is 16.2. The van der Waals surface area contributed by atoms with Crippen molar-refractivity contribution in [2.75, 3.05) is 33.8 Å². The predicted molar refractivity (Wildman–Crippen MR) is 97.2 cm³/mol. The Labute approximate surface area is 151 Å². The van der Waals surface area contributed by atoms with E-state index in [4.69, 9.17) is 4.74 Å². The highest BCUT2D eigenvalue weighted by molar-refractivity contribution is 5.76. The molecule has 1 atom stereocenters. The minimum Gasteiger partial charge on any atom is -0.465 e. The number of esters is 1. The van der Waals surface area contributed by atoms with Gasteiger partial charge in [0.05, 0.1) is 6.61 Å². The molecule has 25 heavy (non-hydrogen) atoms. The summed E-state index contributed by atoms with van der Waals surface area (Å²) in [4.78, 5) is 32.4. The van der Waals surface area contributed by atoms with Crippen LogP contribution in [0.5, 0.6) is 0 Å². The van der Waals surface area contributed by atoms with E-state index in [1.807, 2.05) is 25.9 Å². The predicted octanol–water partition coefficient (Wildman–Crippen LogP) is 1.57. The highest BCUT2D eigenvalue weighted by Gasteiger charge is 2.16. The Kier molecular flexibility index (Phi) is 9.20. The molecule has 0 aliphatic rings. The molecule has 0 spiro atoms. The van der Waals surface area contributed by atoms with Crippen LogP contribution in [-0.4, -0.2) is 71.1 Å². The molecule has 7 heteroatoms. The second-order valence-corrected chi connectivity index (χ2v) is 6.35. The van der Waals surface area contributed by atoms with Gasteiger partial charge >= 0.3 is 5.97 Å². The van der Waals surface area contributed by atoms with E-state index in [1.165, 1.54) is 0 Å². The van der Waals surface area contributed by atoms with Crippen LogP contribution < -0.4 is 0 Å². The van der Waals surface area contributed by atoms with Crippen LogP contribution in [0.25, 0.3) is 0 Å². The fourth-order valence-electron chi connectivity index (χ4n) is 2.49. The summed E-state index contributed by atoms with van der Waals surface area (Å²) in [5.74, 6) is 0.569. The molecule has 0 radical (unpaired) electrons. The van der Waals surface area contributed by atoms with Gasteiger partial charge in [-0.1, -0.05) is 0 Å². The van der Waals surface area contributed by atoms with Crippen LogP contribution in [-0.2, 0) is 27.3 Å². The van der Waals surface area contributed by atoms with E-state index in [1.54, 1.807) is 23.9 Å². The summed E-state index contributed by atoms with van der Waals surface area (Å²) in [5, 5.41) is 0. The Balaban J connectivity index is 2.52. The number of hydrogen-bond acceptors (Lipinski definition) is 5. The van der Waals surface area contributed by atoms with E-state index in [9.17, 15) is 9.59 Å². The van der Waals surface area contributed by atoms with E-state index in [0.29, 0.717) is 32.0 Å². The van der Waals surface area contributed by atoms with Crippen LogP contribution in [0.15, 0.2) is 12.4 Å². The molecule has 1 heterocycles. The maximum absolute atomic E-state index is 12.5. The summed E-state index contributed by atoms with van der Waals surface area (Å²) in [7, 11) is 4.10. The maximum Gasteiger partial charge on any atom is 0.325 e. The lowest BCUT2D eigenvalue weighted by Gasteiger charge is -2.25. The van der Waals surface area contributed by atoms with Gasteiger partial charge in [-0.25, -0.2) is 4.98 Å². The summed E-state index contributed by atoms with van der Waals surface area (Å²) in [6.45, 7) is 7.89. The number of amides is 1. The van der Waals surface area contributed by atoms with Gasteiger partial charge in [-0.3, -0.25) is 9.59 Å². The van der Waals surface area contributed by atoms with Crippen molar-refractivity contribution in [2.24, 2.45) is 0 Å². The molecule has 1 rings (SSSR count). The number of hydrogen-bond donors (Lipinski definition) is 0. The number of carbonyl (C=O) groups is 2. The van der Waals surface area contributed by atoms with Crippen LogP contribution >= 0.6 is 0 Å². The summed E-state index contributed by atoms with van der Waals surface area (Å²) >= 11 is 0. The minimum atomic E-state index is -0.291. The Bertz CT molecular complexity index is 542. The maximum atomic E-state index is 12.5. The highest BCUT2D eigenvalue weighted by Crippen LogP contribution is 2.07. The number of ether oxygens (including phenoxy) is 1. The lowest BCUT2D eigenvalue weighted by molar-refractivity contribution is -0.143. The van der Waals surface area contributed by atoms with Gasteiger partial charge < -0.3 is 19.1 Å². The third-order valence-corrected chi connectivity index (χ3v) is 4.40. The smallest absolute Gasteiger partial charge is 0.325 e. The van der Waals surface area contributed by atoms with Crippen molar-refractivity contribution in [2.45, 2.75) is 52.6 Å². The lowest BCUT2D eigenvalue weighted by Crippen LogP contribution is -2.36. The Hall–Kier alpha value is -1.89. The molecule has 1 amide bonds. The average molecular weight is 352 g/mol. The first-order chi connectivity index (χ1) is 11.9. The number of carbonyl (C=O) groups excluding carboxylic acids is 2. The molecular formula is C18H32N4O3. The van der Waals surface area contributed by atoms with Crippen molar-refractivity contribution in [1.82, 2.24) is 19.4 Å². The average Bonchev–Trinajstić information content (AvgIpc) is 3.00. The van der Waals surface area contributed by atoms with E-state index >= 15 is 0 Å². The molecule has 0 aliphatic heterocycles. The Morgan fingerprint density at radius 1 is 1.32 bits per heavy atom. The normalized spacial score (nSPS) is 12.2. The van der Waals surface area contributed by atoms with Crippen LogP contribution in [0.4, 0.5) is 0 Å². The summed E-state index contributed by atoms with van der Waals surface area (Å²) in [6.07, 6.45) is 5.25. The van der Waals surface area contributed by atoms with Crippen molar-refractivity contribution >= 4 is 11.9 Å². The highest BCUT2D eigenvalue weighted by atomic mass is 16.5. The number of imidazole rings is 1.